The van der Waals surface area contributed by atoms with Crippen molar-refractivity contribution in [2.45, 2.75) is 39.9 Å². The third-order valence-corrected chi connectivity index (χ3v) is 22.0. The number of ether oxygens (including phenoxy) is 2. The predicted octanol–water partition coefficient (Wildman–Crippen LogP) is 10.7. The Labute approximate surface area is 549 Å². The molecule has 0 aliphatic carbocycles. The fraction of sp³-hybridized carbons (Fsp3) is 0.0984. The number of hydrogen-bond acceptors (Lipinski definition) is 17. The average molecular weight is 1390 g/mol. The van der Waals surface area contributed by atoms with E-state index in [1.165, 1.54) is 43.5 Å². The van der Waals surface area contributed by atoms with Crippen LogP contribution in [-0.4, -0.2) is 80.7 Å². The SMILES string of the molecule is CONC(=NS(=O)(=O)c1ccc(C)s1)Nc1ccc(NC(=O)c2ccc3c(c2)OCO3)cc1.Cc1ccc(S(=O)(=O)N=C(N)Nc2ccc(N3Cc4ccccc4C3=O)cc2)s1.Cc1ccc(S(=O)(=O)NC(=O)Nc2ccc(N3C(=O)c4ccccc4C3=O)c(Cl)c2)s1. The van der Waals surface area contributed by atoms with Crippen LogP contribution in [-0.2, 0) is 41.5 Å². The summed E-state index contributed by atoms with van der Waals surface area (Å²) in [5.41, 5.74) is 13.6. The molecule has 6 heterocycles. The molecule has 0 atom stereocenters. The Bertz CT molecular complexity index is 4790. The van der Waals surface area contributed by atoms with Gasteiger partial charge in [-0.2, -0.15) is 16.8 Å². The molecule has 3 aliphatic heterocycles. The van der Waals surface area contributed by atoms with Crippen molar-refractivity contribution >= 4 is 151 Å². The first kappa shape index (κ1) is 65.9. The van der Waals surface area contributed by atoms with E-state index in [2.05, 4.69) is 35.5 Å². The van der Waals surface area contributed by atoms with Crippen LogP contribution >= 0.6 is 45.6 Å². The zero-order chi connectivity index (χ0) is 66.4. The van der Waals surface area contributed by atoms with Gasteiger partial charge in [-0.25, -0.2) is 28.3 Å². The minimum Gasteiger partial charge on any atom is -0.454 e. The zero-order valence-electron chi connectivity index (χ0n) is 49.0. The molecule has 0 unspecified atom stereocenters. The molecule has 6 amide bonds. The Morgan fingerprint density at radius 2 is 1.10 bits per heavy atom. The van der Waals surface area contributed by atoms with Gasteiger partial charge in [0.25, 0.3) is 53.7 Å². The zero-order valence-corrected chi connectivity index (χ0v) is 54.6. The molecule has 0 fully saturated rings. The Balaban J connectivity index is 0.000000153. The first-order chi connectivity index (χ1) is 44.3. The summed E-state index contributed by atoms with van der Waals surface area (Å²) in [5, 5.41) is 10.8. The second-order valence-corrected chi connectivity index (χ2v) is 29.8. The van der Waals surface area contributed by atoms with Crippen molar-refractivity contribution in [3.63, 3.8) is 0 Å². The number of aryl methyl sites for hydroxylation is 3. The minimum absolute atomic E-state index is 0.0131. The van der Waals surface area contributed by atoms with E-state index in [4.69, 9.17) is 31.6 Å². The summed E-state index contributed by atoms with van der Waals surface area (Å²) in [5.74, 6) is -0.576. The van der Waals surface area contributed by atoms with E-state index < -0.39 is 47.9 Å². The van der Waals surface area contributed by atoms with Crippen molar-refractivity contribution in [1.29, 1.82) is 0 Å². The van der Waals surface area contributed by atoms with Crippen molar-refractivity contribution in [3.8, 4) is 11.5 Å². The number of nitrogens with one attached hydrogen (secondary N) is 6. The number of benzene rings is 6. The van der Waals surface area contributed by atoms with Crippen LogP contribution < -0.4 is 56.5 Å². The van der Waals surface area contributed by atoms with Gasteiger partial charge in [-0.15, -0.1) is 42.8 Å². The van der Waals surface area contributed by atoms with E-state index in [9.17, 15) is 49.2 Å². The Kier molecular flexibility index (Phi) is 19.7. The molecule has 3 aromatic heterocycles. The second kappa shape index (κ2) is 27.9. The lowest BCUT2D eigenvalue weighted by Crippen LogP contribution is -2.34. The maximum absolute atomic E-state index is 12.6. The highest BCUT2D eigenvalue weighted by Gasteiger charge is 2.37. The van der Waals surface area contributed by atoms with Crippen molar-refractivity contribution in [3.05, 3.63) is 217 Å². The largest absolute Gasteiger partial charge is 0.454 e. The average Bonchev–Trinajstić information content (AvgIpc) is 1.63. The maximum atomic E-state index is 12.6. The van der Waals surface area contributed by atoms with Crippen molar-refractivity contribution in [2.24, 2.45) is 14.5 Å². The van der Waals surface area contributed by atoms with Crippen LogP contribution in [0.1, 0.15) is 61.6 Å². The number of thiophene rings is 3. The fourth-order valence-electron chi connectivity index (χ4n) is 9.04. The monoisotopic (exact) mass is 1390 g/mol. The molecule has 3 aliphatic rings. The first-order valence-corrected chi connectivity index (χ1v) is 34.4. The van der Waals surface area contributed by atoms with Crippen LogP contribution in [0.2, 0.25) is 5.02 Å². The van der Waals surface area contributed by atoms with Crippen LogP contribution in [0.25, 0.3) is 0 Å². The molecule has 0 saturated heterocycles. The Hall–Kier alpha value is -9.99. The Morgan fingerprint density at radius 3 is 1.67 bits per heavy atom. The van der Waals surface area contributed by atoms with E-state index in [1.54, 1.807) is 121 Å². The molecule has 0 radical (unpaired) electrons. The quantitative estimate of drug-likeness (QED) is 0.0230. The van der Waals surface area contributed by atoms with Gasteiger partial charge in [0.2, 0.25) is 18.7 Å². The summed E-state index contributed by atoms with van der Waals surface area (Å²) in [7, 11) is -10.4. The summed E-state index contributed by atoms with van der Waals surface area (Å²) >= 11 is 9.56. The number of carbonyl (C=O) groups excluding carboxylic acids is 5. The van der Waals surface area contributed by atoms with Gasteiger partial charge in [-0.3, -0.25) is 24.0 Å². The van der Waals surface area contributed by atoms with Gasteiger partial charge >= 0.3 is 6.03 Å². The number of hydroxylamine groups is 1. The third-order valence-electron chi connectivity index (χ3n) is 13.3. The maximum Gasteiger partial charge on any atom is 0.333 e. The molecule has 478 valence electrons. The summed E-state index contributed by atoms with van der Waals surface area (Å²) in [6, 6.07) is 45.1. The molecular weight excluding hydrogens is 1340 g/mol. The van der Waals surface area contributed by atoms with Crippen molar-refractivity contribution < 1.29 is 63.5 Å². The topological polar surface area (TPSA) is 345 Å². The highest BCUT2D eigenvalue weighted by Crippen LogP contribution is 2.37. The minimum atomic E-state index is -4.01. The number of anilines is 6. The smallest absolute Gasteiger partial charge is 0.333 e. The predicted molar refractivity (Wildman–Crippen MR) is 357 cm³/mol. The number of hydrogen-bond donors (Lipinski definition) is 7. The van der Waals surface area contributed by atoms with Crippen LogP contribution in [0.3, 0.4) is 0 Å². The van der Waals surface area contributed by atoms with Gasteiger partial charge in [-0.1, -0.05) is 41.9 Å². The molecule has 8 N–H and O–H groups in total. The van der Waals surface area contributed by atoms with Crippen molar-refractivity contribution in [1.82, 2.24) is 10.2 Å². The number of rotatable bonds is 14. The molecule has 93 heavy (non-hydrogen) atoms. The lowest BCUT2D eigenvalue weighted by molar-refractivity contribution is 0.0923. The van der Waals surface area contributed by atoms with E-state index in [1.807, 2.05) is 42.8 Å². The molecule has 12 rings (SSSR count). The first-order valence-electron chi connectivity index (χ1n) is 27.2. The van der Waals surface area contributed by atoms with Crippen LogP contribution in [0.15, 0.2) is 191 Å². The van der Waals surface area contributed by atoms with Gasteiger partial charge in [0.15, 0.2) is 11.5 Å². The number of imide groups is 1. The van der Waals surface area contributed by atoms with Gasteiger partial charge in [-0.05, 0) is 166 Å². The highest BCUT2D eigenvalue weighted by molar-refractivity contribution is 7.93. The summed E-state index contributed by atoms with van der Waals surface area (Å²) < 4.78 is 94.3. The molecule has 0 saturated carbocycles. The molecule has 25 nitrogen and oxygen atoms in total. The van der Waals surface area contributed by atoms with E-state index >= 15 is 0 Å². The number of nitrogens with zero attached hydrogens (tertiary/aromatic N) is 4. The standard InChI is InChI=1S/C21H20N4O6S2.C20H14ClN3O5S2.C20H18N4O3S2/c1-13-3-10-19(32-13)33(27,28)25-21(24-29-2)23-16-7-5-15(6-8-16)22-20(26)14-4-9-17-18(11-14)31-12-30-17;1-11-6-9-17(30-11)31(28,29)23-20(27)22-12-7-8-16(15(21)10-12)24-18(25)13-4-2-3-5-14(13)19(24)26;1-13-6-11-18(28-13)29(26,27)23-20(21)22-15-7-9-16(10-8-15)24-12-14-4-2-3-5-17(14)19(24)25/h3-11H,12H2,1-2H3,(H,22,26)(H2,23,24,25);2-10H,1H3,(H2,22,23,27);2-11H,12H2,1H3,(H3,21,22,23). The van der Waals surface area contributed by atoms with Crippen molar-refractivity contribution in [2.75, 3.05) is 45.0 Å². The summed E-state index contributed by atoms with van der Waals surface area (Å²) in [4.78, 5) is 72.5. The molecule has 0 spiro atoms. The lowest BCUT2D eigenvalue weighted by atomic mass is 10.1. The van der Waals surface area contributed by atoms with E-state index in [0.717, 1.165) is 64.8 Å². The van der Waals surface area contributed by atoms with Crippen LogP contribution in [0.5, 0.6) is 11.5 Å². The summed E-state index contributed by atoms with van der Waals surface area (Å²) in [6.07, 6.45) is 0. The molecular formula is C61H52ClN11O14S6. The number of urea groups is 1. The van der Waals surface area contributed by atoms with Gasteiger partial charge < -0.3 is 41.4 Å². The number of sulfonamides is 3. The number of halogens is 1. The van der Waals surface area contributed by atoms with E-state index in [0.29, 0.717) is 46.2 Å². The molecule has 0 bridgehead atoms. The fourth-order valence-corrected chi connectivity index (χ4v) is 15.8. The number of carbonyl (C=O) groups is 5. The van der Waals surface area contributed by atoms with Gasteiger partial charge in [0, 0.05) is 54.2 Å². The van der Waals surface area contributed by atoms with Gasteiger partial charge in [0.05, 0.1) is 35.5 Å². The van der Waals surface area contributed by atoms with Crippen LogP contribution in [0.4, 0.5) is 38.9 Å². The number of amides is 6. The second-order valence-electron chi connectivity index (χ2n) is 19.9. The van der Waals surface area contributed by atoms with Gasteiger partial charge in [0.1, 0.15) is 12.6 Å². The summed E-state index contributed by atoms with van der Waals surface area (Å²) in [6.45, 7) is 6.03. The normalized spacial score (nSPS) is 13.5. The Morgan fingerprint density at radius 1 is 0.570 bits per heavy atom. The molecule has 9 aromatic rings. The number of fused-ring (bicyclic) bond motifs is 3. The molecule has 6 aromatic carbocycles. The highest BCUT2D eigenvalue weighted by atomic mass is 35.5. The number of nitrogens with two attached hydrogens (primary N) is 1. The third kappa shape index (κ3) is 15.7. The van der Waals surface area contributed by atoms with Crippen LogP contribution in [0, 0.1) is 20.8 Å². The molecule has 32 heteroatoms. The lowest BCUT2D eigenvalue weighted by Gasteiger charge is -2.16. The van der Waals surface area contributed by atoms with E-state index in [-0.39, 0.29) is 70.7 Å². The number of guanidine groups is 2.